The number of pyridine rings is 1. The van der Waals surface area contributed by atoms with Crippen molar-refractivity contribution in [1.29, 1.82) is 0 Å². The number of hydrogen-bond acceptors (Lipinski definition) is 4. The first-order chi connectivity index (χ1) is 12.7. The van der Waals surface area contributed by atoms with Gasteiger partial charge in [0.2, 0.25) is 0 Å². The Balaban J connectivity index is 1.69. The standard InChI is InChI=1S/C20H23N3O3/c1-26-18-10-6-5-9-16(18)23-19(24)14-11-12-21-17(13-14)20(25)22-15-7-3-2-4-8-15/h5-6,9-13,15H,2-4,7-8H2,1H3,(H,22,25)(H,23,24). The van der Waals surface area contributed by atoms with Gasteiger partial charge in [-0.15, -0.1) is 0 Å². The van der Waals surface area contributed by atoms with E-state index in [9.17, 15) is 9.59 Å². The average Bonchev–Trinajstić information content (AvgIpc) is 2.69. The van der Waals surface area contributed by atoms with Gasteiger partial charge in [-0.25, -0.2) is 0 Å². The summed E-state index contributed by atoms with van der Waals surface area (Å²) in [7, 11) is 1.55. The Hall–Kier alpha value is -2.89. The number of methoxy groups -OCH3 is 1. The Morgan fingerprint density at radius 3 is 2.62 bits per heavy atom. The second-order valence-corrected chi connectivity index (χ2v) is 6.39. The minimum Gasteiger partial charge on any atom is -0.495 e. The van der Waals surface area contributed by atoms with Gasteiger partial charge in [-0.2, -0.15) is 0 Å². The Kier molecular flexibility index (Phi) is 5.84. The molecule has 2 aromatic rings. The third kappa shape index (κ3) is 4.39. The van der Waals surface area contributed by atoms with Crippen molar-refractivity contribution in [2.24, 2.45) is 0 Å². The number of ether oxygens (including phenoxy) is 1. The number of carbonyl (C=O) groups excluding carboxylic acids is 2. The summed E-state index contributed by atoms with van der Waals surface area (Å²) in [5.41, 5.74) is 1.20. The number of benzene rings is 1. The summed E-state index contributed by atoms with van der Waals surface area (Å²) in [5.74, 6) is 0.0256. The van der Waals surface area contributed by atoms with Crippen LogP contribution in [0.15, 0.2) is 42.6 Å². The van der Waals surface area contributed by atoms with Crippen molar-refractivity contribution in [2.75, 3.05) is 12.4 Å². The summed E-state index contributed by atoms with van der Waals surface area (Å²) in [6.45, 7) is 0. The zero-order valence-corrected chi connectivity index (χ0v) is 14.8. The number of amides is 2. The van der Waals surface area contributed by atoms with E-state index in [1.807, 2.05) is 12.1 Å². The average molecular weight is 353 g/mol. The highest BCUT2D eigenvalue weighted by molar-refractivity contribution is 6.06. The predicted octanol–water partition coefficient (Wildman–Crippen LogP) is 3.41. The lowest BCUT2D eigenvalue weighted by atomic mass is 9.95. The van der Waals surface area contributed by atoms with E-state index in [2.05, 4.69) is 15.6 Å². The zero-order valence-electron chi connectivity index (χ0n) is 14.8. The number of rotatable bonds is 5. The molecule has 0 spiro atoms. The van der Waals surface area contributed by atoms with Crippen LogP contribution in [0, 0.1) is 0 Å². The van der Waals surface area contributed by atoms with Crippen molar-refractivity contribution in [1.82, 2.24) is 10.3 Å². The minimum absolute atomic E-state index is 0.198. The van der Waals surface area contributed by atoms with Crippen LogP contribution in [0.4, 0.5) is 5.69 Å². The molecule has 1 aromatic heterocycles. The fraction of sp³-hybridized carbons (Fsp3) is 0.350. The van der Waals surface area contributed by atoms with E-state index in [4.69, 9.17) is 4.74 Å². The van der Waals surface area contributed by atoms with E-state index in [0.717, 1.165) is 25.7 Å². The van der Waals surface area contributed by atoms with E-state index in [-0.39, 0.29) is 23.6 Å². The summed E-state index contributed by atoms with van der Waals surface area (Å²) in [6, 6.07) is 10.5. The molecule has 6 nitrogen and oxygen atoms in total. The molecule has 0 saturated heterocycles. The molecule has 1 aliphatic rings. The summed E-state index contributed by atoms with van der Waals surface area (Å²) >= 11 is 0. The van der Waals surface area contributed by atoms with Crippen LogP contribution in [-0.2, 0) is 0 Å². The number of nitrogens with one attached hydrogen (secondary N) is 2. The lowest BCUT2D eigenvalue weighted by Crippen LogP contribution is -2.36. The normalized spacial score (nSPS) is 14.5. The van der Waals surface area contributed by atoms with Crippen molar-refractivity contribution < 1.29 is 14.3 Å². The molecule has 2 amide bonds. The van der Waals surface area contributed by atoms with Gasteiger partial charge in [-0.05, 0) is 37.1 Å². The van der Waals surface area contributed by atoms with Crippen LogP contribution in [0.2, 0.25) is 0 Å². The fourth-order valence-electron chi connectivity index (χ4n) is 3.14. The van der Waals surface area contributed by atoms with Gasteiger partial charge in [-0.3, -0.25) is 14.6 Å². The summed E-state index contributed by atoms with van der Waals surface area (Å²) in [6.07, 6.45) is 6.98. The highest BCUT2D eigenvalue weighted by atomic mass is 16.5. The fourth-order valence-corrected chi connectivity index (χ4v) is 3.14. The van der Waals surface area contributed by atoms with Crippen LogP contribution in [-0.4, -0.2) is 29.9 Å². The van der Waals surface area contributed by atoms with Crippen molar-refractivity contribution in [2.45, 2.75) is 38.1 Å². The number of carbonyl (C=O) groups is 2. The smallest absolute Gasteiger partial charge is 0.270 e. The van der Waals surface area contributed by atoms with Crippen LogP contribution >= 0.6 is 0 Å². The molecule has 0 unspecified atom stereocenters. The topological polar surface area (TPSA) is 80.3 Å². The van der Waals surface area contributed by atoms with Crippen LogP contribution < -0.4 is 15.4 Å². The quantitative estimate of drug-likeness (QED) is 0.863. The number of hydrogen-bond donors (Lipinski definition) is 2. The van der Waals surface area contributed by atoms with Crippen LogP contribution in [0.3, 0.4) is 0 Å². The van der Waals surface area contributed by atoms with E-state index in [1.54, 1.807) is 25.3 Å². The molecular formula is C20H23N3O3. The van der Waals surface area contributed by atoms with E-state index in [1.165, 1.54) is 18.7 Å². The van der Waals surface area contributed by atoms with Crippen LogP contribution in [0.1, 0.15) is 53.0 Å². The monoisotopic (exact) mass is 353 g/mol. The van der Waals surface area contributed by atoms with Gasteiger partial charge in [0.25, 0.3) is 11.8 Å². The van der Waals surface area contributed by atoms with Gasteiger partial charge < -0.3 is 15.4 Å². The van der Waals surface area contributed by atoms with Gasteiger partial charge >= 0.3 is 0 Å². The Labute approximate surface area is 153 Å². The first-order valence-corrected chi connectivity index (χ1v) is 8.88. The van der Waals surface area contributed by atoms with Crippen molar-refractivity contribution in [3.63, 3.8) is 0 Å². The molecule has 136 valence electrons. The minimum atomic E-state index is -0.316. The van der Waals surface area contributed by atoms with Crippen molar-refractivity contribution in [3.05, 3.63) is 53.9 Å². The molecule has 2 N–H and O–H groups in total. The first-order valence-electron chi connectivity index (χ1n) is 8.88. The van der Waals surface area contributed by atoms with Crippen molar-refractivity contribution >= 4 is 17.5 Å². The molecule has 0 atom stereocenters. The van der Waals surface area contributed by atoms with Crippen LogP contribution in [0.25, 0.3) is 0 Å². The highest BCUT2D eigenvalue weighted by Crippen LogP contribution is 2.23. The lowest BCUT2D eigenvalue weighted by Gasteiger charge is -2.22. The second-order valence-electron chi connectivity index (χ2n) is 6.39. The van der Waals surface area contributed by atoms with Gasteiger partial charge in [0, 0.05) is 17.8 Å². The Morgan fingerprint density at radius 1 is 1.08 bits per heavy atom. The largest absolute Gasteiger partial charge is 0.495 e. The second kappa shape index (κ2) is 8.47. The third-order valence-corrected chi connectivity index (χ3v) is 4.55. The van der Waals surface area contributed by atoms with Gasteiger partial charge in [-0.1, -0.05) is 31.4 Å². The molecule has 1 aromatic carbocycles. The molecule has 0 bridgehead atoms. The summed E-state index contributed by atoms with van der Waals surface area (Å²) < 4.78 is 5.24. The van der Waals surface area contributed by atoms with Crippen molar-refractivity contribution in [3.8, 4) is 5.75 Å². The predicted molar refractivity (Wildman–Crippen MR) is 99.5 cm³/mol. The molecule has 6 heteroatoms. The van der Waals surface area contributed by atoms with E-state index < -0.39 is 0 Å². The molecule has 3 rings (SSSR count). The number of para-hydroxylation sites is 2. The molecule has 1 fully saturated rings. The summed E-state index contributed by atoms with van der Waals surface area (Å²) in [5, 5.41) is 5.82. The zero-order chi connectivity index (χ0) is 18.4. The summed E-state index contributed by atoms with van der Waals surface area (Å²) in [4.78, 5) is 29.1. The number of nitrogens with zero attached hydrogens (tertiary/aromatic N) is 1. The van der Waals surface area contributed by atoms with Gasteiger partial charge in [0.05, 0.1) is 12.8 Å². The maximum Gasteiger partial charge on any atom is 0.270 e. The Morgan fingerprint density at radius 2 is 1.85 bits per heavy atom. The van der Waals surface area contributed by atoms with E-state index >= 15 is 0 Å². The Bertz CT molecular complexity index is 785. The molecule has 1 aliphatic carbocycles. The molecule has 0 radical (unpaired) electrons. The number of anilines is 1. The van der Waals surface area contributed by atoms with Gasteiger partial charge in [0.1, 0.15) is 11.4 Å². The maximum atomic E-state index is 12.5. The van der Waals surface area contributed by atoms with E-state index in [0.29, 0.717) is 17.0 Å². The molecule has 1 saturated carbocycles. The highest BCUT2D eigenvalue weighted by Gasteiger charge is 2.18. The SMILES string of the molecule is COc1ccccc1NC(=O)c1ccnc(C(=O)NC2CCCCC2)c1. The molecular weight excluding hydrogens is 330 g/mol. The van der Waals surface area contributed by atoms with Gasteiger partial charge in [0.15, 0.2) is 0 Å². The first kappa shape index (κ1) is 17.9. The molecule has 1 heterocycles. The third-order valence-electron chi connectivity index (χ3n) is 4.55. The lowest BCUT2D eigenvalue weighted by molar-refractivity contribution is 0.0922. The molecule has 0 aliphatic heterocycles. The maximum absolute atomic E-state index is 12.5. The number of aromatic nitrogens is 1. The van der Waals surface area contributed by atoms with Crippen LogP contribution in [0.5, 0.6) is 5.75 Å². The molecule has 26 heavy (non-hydrogen) atoms.